The van der Waals surface area contributed by atoms with E-state index in [-0.39, 0.29) is 11.3 Å². The van der Waals surface area contributed by atoms with Gasteiger partial charge in [0.25, 0.3) is 5.91 Å². The molecule has 8 heteroatoms. The molecule has 0 saturated carbocycles. The number of nitrogens with one attached hydrogen (secondary N) is 1. The Kier molecular flexibility index (Phi) is 3.34. The summed E-state index contributed by atoms with van der Waals surface area (Å²) in [7, 11) is 1.56. The summed E-state index contributed by atoms with van der Waals surface area (Å²) < 4.78 is 1.29. The molecule has 1 amide bonds. The Morgan fingerprint density at radius 3 is 2.63 bits per heavy atom. The van der Waals surface area contributed by atoms with E-state index >= 15 is 0 Å². The molecular weight excluding hydrogens is 268 g/mol. The molecule has 2 heterocycles. The summed E-state index contributed by atoms with van der Waals surface area (Å²) in [5, 5.41) is 15.8. The van der Waals surface area contributed by atoms with Crippen LogP contribution in [0.5, 0.6) is 0 Å². The van der Waals surface area contributed by atoms with E-state index in [2.05, 4.69) is 15.4 Å². The standard InChI is InChI=1S/C11H12N4O3S/c1-5-6(2)19-11(12-5)13-9(16)8-7(10(17)18)4-15(3)14-8/h4H,1-3H3,(H,17,18)(H,12,13,16). The summed E-state index contributed by atoms with van der Waals surface area (Å²) >= 11 is 1.33. The average Bonchev–Trinajstić information content (AvgIpc) is 2.83. The third kappa shape index (κ3) is 2.63. The predicted molar refractivity (Wildman–Crippen MR) is 69.7 cm³/mol. The first kappa shape index (κ1) is 13.2. The average molecular weight is 280 g/mol. The zero-order chi connectivity index (χ0) is 14.2. The Hall–Kier alpha value is -2.22. The number of aromatic carboxylic acids is 1. The number of thiazole rings is 1. The summed E-state index contributed by atoms with van der Waals surface area (Å²) in [5.41, 5.74) is 0.574. The number of aromatic nitrogens is 3. The minimum Gasteiger partial charge on any atom is -0.478 e. The van der Waals surface area contributed by atoms with E-state index < -0.39 is 11.9 Å². The Morgan fingerprint density at radius 1 is 1.42 bits per heavy atom. The molecule has 19 heavy (non-hydrogen) atoms. The molecule has 0 radical (unpaired) electrons. The van der Waals surface area contributed by atoms with E-state index in [1.807, 2.05) is 13.8 Å². The van der Waals surface area contributed by atoms with Gasteiger partial charge in [0.1, 0.15) is 5.56 Å². The molecule has 0 aliphatic heterocycles. The van der Waals surface area contributed by atoms with Crippen LogP contribution in [0.15, 0.2) is 6.20 Å². The van der Waals surface area contributed by atoms with Crippen molar-refractivity contribution >= 4 is 28.3 Å². The van der Waals surface area contributed by atoms with E-state index in [0.29, 0.717) is 5.13 Å². The molecule has 0 aliphatic carbocycles. The first-order valence-corrected chi connectivity index (χ1v) is 6.22. The van der Waals surface area contributed by atoms with E-state index in [1.54, 1.807) is 7.05 Å². The van der Waals surface area contributed by atoms with Gasteiger partial charge in [-0.3, -0.25) is 14.8 Å². The van der Waals surface area contributed by atoms with Crippen LogP contribution < -0.4 is 5.32 Å². The first-order valence-electron chi connectivity index (χ1n) is 5.41. The van der Waals surface area contributed by atoms with Crippen molar-refractivity contribution in [2.24, 2.45) is 7.05 Å². The van der Waals surface area contributed by atoms with Crippen LogP contribution in [0.3, 0.4) is 0 Å². The van der Waals surface area contributed by atoms with E-state index in [0.717, 1.165) is 10.6 Å². The number of aryl methyl sites for hydroxylation is 3. The minimum absolute atomic E-state index is 0.125. The van der Waals surface area contributed by atoms with Crippen molar-refractivity contribution < 1.29 is 14.7 Å². The Bertz CT molecular complexity index is 639. The van der Waals surface area contributed by atoms with Gasteiger partial charge >= 0.3 is 5.97 Å². The van der Waals surface area contributed by atoms with Gasteiger partial charge in [-0.15, -0.1) is 11.3 Å². The number of rotatable bonds is 3. The van der Waals surface area contributed by atoms with Gasteiger partial charge in [-0.25, -0.2) is 9.78 Å². The van der Waals surface area contributed by atoms with E-state index in [1.165, 1.54) is 22.2 Å². The molecule has 2 aromatic rings. The number of carbonyl (C=O) groups is 2. The summed E-state index contributed by atoms with van der Waals surface area (Å²) in [5.74, 6) is -1.77. The fourth-order valence-corrected chi connectivity index (χ4v) is 2.30. The second-order valence-corrected chi connectivity index (χ2v) is 5.19. The molecule has 2 N–H and O–H groups in total. The second kappa shape index (κ2) is 4.81. The SMILES string of the molecule is Cc1nc(NC(=O)c2nn(C)cc2C(=O)O)sc1C. The van der Waals surface area contributed by atoms with Crippen molar-refractivity contribution in [2.75, 3.05) is 5.32 Å². The fourth-order valence-electron chi connectivity index (χ4n) is 1.50. The summed E-state index contributed by atoms with van der Waals surface area (Å²) in [4.78, 5) is 28.2. The van der Waals surface area contributed by atoms with Gasteiger partial charge in [-0.2, -0.15) is 5.10 Å². The quantitative estimate of drug-likeness (QED) is 0.886. The maximum absolute atomic E-state index is 12.0. The van der Waals surface area contributed by atoms with Gasteiger partial charge < -0.3 is 5.11 Å². The van der Waals surface area contributed by atoms with E-state index in [4.69, 9.17) is 5.11 Å². The van der Waals surface area contributed by atoms with Gasteiger partial charge in [0.15, 0.2) is 10.8 Å². The monoisotopic (exact) mass is 280 g/mol. The largest absolute Gasteiger partial charge is 0.478 e. The minimum atomic E-state index is -1.19. The number of anilines is 1. The topological polar surface area (TPSA) is 97.1 Å². The molecule has 0 saturated heterocycles. The highest BCUT2D eigenvalue weighted by Crippen LogP contribution is 2.21. The molecule has 7 nitrogen and oxygen atoms in total. The lowest BCUT2D eigenvalue weighted by Crippen LogP contribution is -2.16. The Labute approximate surface area is 112 Å². The molecule has 0 atom stereocenters. The van der Waals surface area contributed by atoms with Crippen molar-refractivity contribution in [3.05, 3.63) is 28.0 Å². The summed E-state index contributed by atoms with van der Waals surface area (Å²) in [6.45, 7) is 3.73. The second-order valence-electron chi connectivity index (χ2n) is 3.98. The number of carbonyl (C=O) groups excluding carboxylic acids is 1. The third-order valence-corrected chi connectivity index (χ3v) is 3.51. The van der Waals surface area contributed by atoms with Gasteiger partial charge in [-0.1, -0.05) is 0 Å². The van der Waals surface area contributed by atoms with Crippen molar-refractivity contribution in [3.8, 4) is 0 Å². The number of amides is 1. The van der Waals surface area contributed by atoms with Crippen LogP contribution in [0.1, 0.15) is 31.4 Å². The number of hydrogen-bond donors (Lipinski definition) is 2. The lowest BCUT2D eigenvalue weighted by Gasteiger charge is -1.99. The normalized spacial score (nSPS) is 10.5. The molecule has 0 bridgehead atoms. The lowest BCUT2D eigenvalue weighted by atomic mass is 10.2. The van der Waals surface area contributed by atoms with Gasteiger partial charge in [0, 0.05) is 18.1 Å². The first-order chi connectivity index (χ1) is 8.88. The van der Waals surface area contributed by atoms with Crippen molar-refractivity contribution in [2.45, 2.75) is 13.8 Å². The molecule has 100 valence electrons. The van der Waals surface area contributed by atoms with Crippen LogP contribution in [0, 0.1) is 13.8 Å². The van der Waals surface area contributed by atoms with Gasteiger partial charge in [-0.05, 0) is 13.8 Å². The van der Waals surface area contributed by atoms with Crippen LogP contribution in [0.25, 0.3) is 0 Å². The zero-order valence-electron chi connectivity index (χ0n) is 10.6. The van der Waals surface area contributed by atoms with Crippen LogP contribution in [0.4, 0.5) is 5.13 Å². The van der Waals surface area contributed by atoms with Gasteiger partial charge in [0.05, 0.1) is 5.69 Å². The molecular formula is C11H12N4O3S. The van der Waals surface area contributed by atoms with Crippen LogP contribution in [-0.2, 0) is 7.05 Å². The maximum Gasteiger partial charge on any atom is 0.339 e. The van der Waals surface area contributed by atoms with Crippen LogP contribution >= 0.6 is 11.3 Å². The molecule has 0 spiro atoms. The van der Waals surface area contributed by atoms with Crippen molar-refractivity contribution in [1.82, 2.24) is 14.8 Å². The highest BCUT2D eigenvalue weighted by molar-refractivity contribution is 7.15. The van der Waals surface area contributed by atoms with Crippen LogP contribution in [0.2, 0.25) is 0 Å². The molecule has 0 fully saturated rings. The number of nitrogens with zero attached hydrogens (tertiary/aromatic N) is 3. The van der Waals surface area contributed by atoms with Gasteiger partial charge in [0.2, 0.25) is 0 Å². The molecule has 0 aromatic carbocycles. The van der Waals surface area contributed by atoms with E-state index in [9.17, 15) is 9.59 Å². The Balaban J connectivity index is 2.27. The highest BCUT2D eigenvalue weighted by atomic mass is 32.1. The van der Waals surface area contributed by atoms with Crippen molar-refractivity contribution in [1.29, 1.82) is 0 Å². The zero-order valence-corrected chi connectivity index (χ0v) is 11.4. The van der Waals surface area contributed by atoms with Crippen LogP contribution in [-0.4, -0.2) is 31.7 Å². The smallest absolute Gasteiger partial charge is 0.339 e. The number of carboxylic acids is 1. The fraction of sp³-hybridized carbons (Fsp3) is 0.273. The molecule has 2 aromatic heterocycles. The summed E-state index contributed by atoms with van der Waals surface area (Å²) in [6, 6.07) is 0. The third-order valence-electron chi connectivity index (χ3n) is 2.52. The van der Waals surface area contributed by atoms with Crippen molar-refractivity contribution in [3.63, 3.8) is 0 Å². The lowest BCUT2D eigenvalue weighted by molar-refractivity contribution is 0.0692. The number of hydrogen-bond acceptors (Lipinski definition) is 5. The Morgan fingerprint density at radius 2 is 2.11 bits per heavy atom. The predicted octanol–water partition coefficient (Wildman–Crippen LogP) is 1.44. The molecule has 0 aliphatic rings. The molecule has 0 unspecified atom stereocenters. The summed E-state index contributed by atoms with van der Waals surface area (Å²) in [6.07, 6.45) is 1.29. The molecule has 2 rings (SSSR count). The maximum atomic E-state index is 12.0. The highest BCUT2D eigenvalue weighted by Gasteiger charge is 2.21. The number of carboxylic acid groups (broad SMARTS) is 1.